The van der Waals surface area contributed by atoms with Gasteiger partial charge in [0.15, 0.2) is 5.13 Å². The van der Waals surface area contributed by atoms with Gasteiger partial charge in [0.25, 0.3) is 11.8 Å². The molecular weight excluding hydrogens is 787 g/mol. The summed E-state index contributed by atoms with van der Waals surface area (Å²) in [6.45, 7) is 0. The van der Waals surface area contributed by atoms with Crippen LogP contribution in [0.4, 0.5) is 10.8 Å². The maximum Gasteiger partial charge on any atom is 0.272 e. The minimum absolute atomic E-state index is 0.0747. The standard InChI is InChI=1S/C39H27BrCl2N4O3S2/c40-28-13-7-8-24(20-28)21-33(44-36(47)26-11-5-2-6-12-26)37(48)43-29-15-17-30(18-16-29)51-35(25-9-3-1-4-10-25)38(49)46-39-45-34(23-50-39)27-14-19-31(41)32(42)22-27/h1-23,35H,(H,43,48)(H,44,47)(H,45,46,49)/b33-21-. The van der Waals surface area contributed by atoms with E-state index >= 15 is 0 Å². The summed E-state index contributed by atoms with van der Waals surface area (Å²) in [5.41, 5.74) is 4.01. The lowest BCUT2D eigenvalue weighted by atomic mass is 10.1. The van der Waals surface area contributed by atoms with Crippen LogP contribution in [0.15, 0.2) is 148 Å². The first kappa shape index (κ1) is 36.1. The summed E-state index contributed by atoms with van der Waals surface area (Å²) in [5, 5.41) is 11.2. The highest BCUT2D eigenvalue weighted by molar-refractivity contribution is 9.10. The minimum Gasteiger partial charge on any atom is -0.321 e. The van der Waals surface area contributed by atoms with E-state index in [-0.39, 0.29) is 11.6 Å². The normalized spacial score (nSPS) is 11.8. The van der Waals surface area contributed by atoms with E-state index in [9.17, 15) is 14.4 Å². The van der Waals surface area contributed by atoms with Crippen molar-refractivity contribution in [3.05, 3.63) is 170 Å². The van der Waals surface area contributed by atoms with E-state index in [4.69, 9.17) is 23.2 Å². The minimum atomic E-state index is -0.600. The SMILES string of the molecule is O=C(Nc1ccc(SC(C(=O)Nc2nc(-c3ccc(Cl)c(Cl)c3)cs2)c2ccccc2)cc1)/C(=C/c1cccc(Br)c1)NC(=O)c1ccccc1. The third kappa shape index (κ3) is 9.75. The Balaban J connectivity index is 1.17. The fourth-order valence-electron chi connectivity index (χ4n) is 4.85. The van der Waals surface area contributed by atoms with E-state index in [1.807, 2.05) is 84.2 Å². The van der Waals surface area contributed by atoms with E-state index in [2.05, 4.69) is 36.9 Å². The number of hydrogen-bond donors (Lipinski definition) is 3. The topological polar surface area (TPSA) is 100 Å². The van der Waals surface area contributed by atoms with Crippen LogP contribution in [0.2, 0.25) is 10.0 Å². The number of anilines is 2. The molecule has 1 aromatic heterocycles. The molecule has 0 fully saturated rings. The number of hydrogen-bond acceptors (Lipinski definition) is 6. The van der Waals surface area contributed by atoms with Crippen LogP contribution in [0, 0.1) is 0 Å². The second kappa shape index (κ2) is 17.0. The molecule has 1 heterocycles. The smallest absolute Gasteiger partial charge is 0.272 e. The Morgan fingerprint density at radius 1 is 0.784 bits per heavy atom. The lowest BCUT2D eigenvalue weighted by Crippen LogP contribution is -2.30. The molecule has 6 aromatic rings. The molecule has 3 N–H and O–H groups in total. The van der Waals surface area contributed by atoms with Gasteiger partial charge in [0.1, 0.15) is 10.9 Å². The van der Waals surface area contributed by atoms with Gasteiger partial charge in [-0.25, -0.2) is 4.98 Å². The van der Waals surface area contributed by atoms with Gasteiger partial charge in [0.05, 0.1) is 15.7 Å². The molecule has 0 saturated carbocycles. The molecule has 0 saturated heterocycles. The molecule has 12 heteroatoms. The van der Waals surface area contributed by atoms with Gasteiger partial charge in [-0.2, -0.15) is 0 Å². The first-order valence-corrected chi connectivity index (χ1v) is 18.7. The second-order valence-corrected chi connectivity index (χ2v) is 14.7. The Labute approximate surface area is 321 Å². The van der Waals surface area contributed by atoms with E-state index in [0.717, 1.165) is 26.1 Å². The molecule has 5 aromatic carbocycles. The molecule has 51 heavy (non-hydrogen) atoms. The molecule has 0 spiro atoms. The number of aromatic nitrogens is 1. The van der Waals surface area contributed by atoms with E-state index in [0.29, 0.717) is 32.1 Å². The van der Waals surface area contributed by atoms with Gasteiger partial charge in [0.2, 0.25) is 5.91 Å². The number of thiazole rings is 1. The van der Waals surface area contributed by atoms with Crippen LogP contribution in [-0.4, -0.2) is 22.7 Å². The molecule has 7 nitrogen and oxygen atoms in total. The molecule has 3 amide bonds. The van der Waals surface area contributed by atoms with Crippen LogP contribution in [0.25, 0.3) is 17.3 Å². The number of nitrogens with zero attached hydrogens (tertiary/aromatic N) is 1. The van der Waals surface area contributed by atoms with Gasteiger partial charge in [-0.1, -0.05) is 106 Å². The zero-order valence-electron chi connectivity index (χ0n) is 26.5. The molecule has 254 valence electrons. The maximum absolute atomic E-state index is 13.7. The molecule has 0 aliphatic heterocycles. The Morgan fingerprint density at radius 2 is 1.51 bits per heavy atom. The molecule has 0 radical (unpaired) electrons. The van der Waals surface area contributed by atoms with Crippen LogP contribution in [0.1, 0.15) is 26.7 Å². The zero-order chi connectivity index (χ0) is 35.7. The van der Waals surface area contributed by atoms with Gasteiger partial charge < -0.3 is 16.0 Å². The zero-order valence-corrected chi connectivity index (χ0v) is 31.2. The van der Waals surface area contributed by atoms with Gasteiger partial charge >= 0.3 is 0 Å². The van der Waals surface area contributed by atoms with Gasteiger partial charge in [-0.3, -0.25) is 14.4 Å². The van der Waals surface area contributed by atoms with E-state index in [1.165, 1.54) is 23.1 Å². The average molecular weight is 815 g/mol. The summed E-state index contributed by atoms with van der Waals surface area (Å²) in [4.78, 5) is 45.6. The van der Waals surface area contributed by atoms with Crippen molar-refractivity contribution in [2.45, 2.75) is 10.1 Å². The van der Waals surface area contributed by atoms with Crippen LogP contribution < -0.4 is 16.0 Å². The number of carbonyl (C=O) groups is 3. The summed E-state index contributed by atoms with van der Waals surface area (Å²) in [5.74, 6) is -1.15. The van der Waals surface area contributed by atoms with Crippen molar-refractivity contribution in [2.24, 2.45) is 0 Å². The molecular formula is C39H27BrCl2N4O3S2. The Bertz CT molecular complexity index is 2220. The van der Waals surface area contributed by atoms with Gasteiger partial charge in [-0.15, -0.1) is 23.1 Å². The average Bonchev–Trinajstić information content (AvgIpc) is 3.61. The Hall–Kier alpha value is -4.71. The molecule has 6 rings (SSSR count). The van der Waals surface area contributed by atoms with Crippen molar-refractivity contribution in [3.63, 3.8) is 0 Å². The highest BCUT2D eigenvalue weighted by atomic mass is 79.9. The Kier molecular flexibility index (Phi) is 12.0. The third-order valence-corrected chi connectivity index (χ3v) is 10.6. The third-order valence-electron chi connectivity index (χ3n) is 7.34. The van der Waals surface area contributed by atoms with Crippen molar-refractivity contribution >= 4 is 96.8 Å². The summed E-state index contributed by atoms with van der Waals surface area (Å²) < 4.78 is 0.834. The lowest BCUT2D eigenvalue weighted by molar-refractivity contribution is -0.116. The predicted molar refractivity (Wildman–Crippen MR) is 212 cm³/mol. The van der Waals surface area contributed by atoms with Crippen molar-refractivity contribution in [1.82, 2.24) is 10.3 Å². The molecule has 1 unspecified atom stereocenters. The largest absolute Gasteiger partial charge is 0.321 e. The lowest BCUT2D eigenvalue weighted by Gasteiger charge is -2.17. The maximum atomic E-state index is 13.7. The quantitative estimate of drug-likeness (QED) is 0.0893. The molecule has 1 atom stereocenters. The number of amides is 3. The fraction of sp³-hybridized carbons (Fsp3) is 0.0256. The number of rotatable bonds is 11. The van der Waals surface area contributed by atoms with Crippen LogP contribution in [0.5, 0.6) is 0 Å². The molecule has 0 aliphatic rings. The van der Waals surface area contributed by atoms with Crippen LogP contribution in [-0.2, 0) is 9.59 Å². The van der Waals surface area contributed by atoms with Gasteiger partial charge in [-0.05, 0) is 77.9 Å². The summed E-state index contributed by atoms with van der Waals surface area (Å²) in [7, 11) is 0. The predicted octanol–water partition coefficient (Wildman–Crippen LogP) is 10.8. The summed E-state index contributed by atoms with van der Waals surface area (Å²) in [6, 6.07) is 38.0. The summed E-state index contributed by atoms with van der Waals surface area (Å²) >= 11 is 18.4. The van der Waals surface area contributed by atoms with Crippen LogP contribution in [0.3, 0.4) is 0 Å². The first-order valence-electron chi connectivity index (χ1n) is 15.4. The van der Waals surface area contributed by atoms with Crippen LogP contribution >= 0.6 is 62.2 Å². The van der Waals surface area contributed by atoms with Crippen molar-refractivity contribution in [1.29, 1.82) is 0 Å². The number of thioether (sulfide) groups is 1. The van der Waals surface area contributed by atoms with E-state index in [1.54, 1.807) is 54.6 Å². The van der Waals surface area contributed by atoms with Crippen molar-refractivity contribution in [2.75, 3.05) is 10.6 Å². The molecule has 0 bridgehead atoms. The molecule has 0 aliphatic carbocycles. The Morgan fingerprint density at radius 3 is 2.22 bits per heavy atom. The highest BCUT2D eigenvalue weighted by Crippen LogP contribution is 2.38. The number of halogens is 3. The summed E-state index contributed by atoms with van der Waals surface area (Å²) in [6.07, 6.45) is 1.62. The highest BCUT2D eigenvalue weighted by Gasteiger charge is 2.24. The number of carbonyl (C=O) groups excluding carboxylic acids is 3. The number of nitrogens with one attached hydrogen (secondary N) is 3. The monoisotopic (exact) mass is 812 g/mol. The van der Waals surface area contributed by atoms with Gasteiger partial charge in [0, 0.05) is 31.6 Å². The number of benzene rings is 5. The van der Waals surface area contributed by atoms with Crippen molar-refractivity contribution < 1.29 is 14.4 Å². The van der Waals surface area contributed by atoms with E-state index < -0.39 is 17.1 Å². The second-order valence-electron chi connectivity index (χ2n) is 11.0. The first-order chi connectivity index (χ1) is 24.7. The fourth-order valence-corrected chi connectivity index (χ4v) is 7.31. The van der Waals surface area contributed by atoms with Crippen molar-refractivity contribution in [3.8, 4) is 11.3 Å².